The molecule has 1 unspecified atom stereocenters. The Kier molecular flexibility index (Phi) is 3.09. The number of hydrogen-bond acceptors (Lipinski definition) is 3. The molecule has 1 aromatic heterocycles. The van der Waals surface area contributed by atoms with Crippen LogP contribution in [0.1, 0.15) is 29.8 Å². The fourth-order valence-electron chi connectivity index (χ4n) is 3.09. The van der Waals surface area contributed by atoms with Crippen LogP contribution in [-0.2, 0) is 25.4 Å². The fourth-order valence-corrected chi connectivity index (χ4v) is 3.09. The van der Waals surface area contributed by atoms with Gasteiger partial charge in [-0.05, 0) is 13.5 Å². The van der Waals surface area contributed by atoms with Crippen LogP contribution in [0.15, 0.2) is 0 Å². The second-order valence-corrected chi connectivity index (χ2v) is 5.74. The number of aliphatic hydroxyl groups excluding tert-OH is 1. The third-order valence-electron chi connectivity index (χ3n) is 4.19. The van der Waals surface area contributed by atoms with E-state index in [2.05, 4.69) is 10.00 Å². The molecule has 0 radical (unpaired) electrons. The molecule has 4 nitrogen and oxygen atoms in total. The van der Waals surface area contributed by atoms with E-state index in [9.17, 15) is 13.9 Å². The lowest BCUT2D eigenvalue weighted by Crippen LogP contribution is -2.28. The predicted octanol–water partition coefficient (Wildman–Crippen LogP) is 1.37. The van der Waals surface area contributed by atoms with E-state index in [0.29, 0.717) is 25.1 Å². The minimum absolute atomic E-state index is 0.0556. The molecule has 1 aromatic rings. The maximum Gasteiger partial charge on any atom is 0.289 e. The SMILES string of the molecule is CN1CCc2nn3c(c2C1)C(F)(F)CCC(CO)C3. The normalized spacial score (nSPS) is 26.6. The second-order valence-electron chi connectivity index (χ2n) is 5.74. The van der Waals surface area contributed by atoms with Gasteiger partial charge < -0.3 is 10.0 Å². The lowest BCUT2D eigenvalue weighted by molar-refractivity contribution is -0.0226. The number of hydrogen-bond donors (Lipinski definition) is 1. The number of alkyl halides is 2. The first-order chi connectivity index (χ1) is 9.01. The minimum Gasteiger partial charge on any atom is -0.396 e. The summed E-state index contributed by atoms with van der Waals surface area (Å²) in [5.41, 5.74) is 1.61. The van der Waals surface area contributed by atoms with Gasteiger partial charge in [-0.3, -0.25) is 4.68 Å². The zero-order valence-corrected chi connectivity index (χ0v) is 11.1. The Morgan fingerprint density at radius 1 is 1.47 bits per heavy atom. The van der Waals surface area contributed by atoms with Crippen LogP contribution >= 0.6 is 0 Å². The van der Waals surface area contributed by atoms with Crippen molar-refractivity contribution >= 4 is 0 Å². The number of aromatic nitrogens is 2. The molecule has 3 heterocycles. The van der Waals surface area contributed by atoms with Crippen molar-refractivity contribution < 1.29 is 13.9 Å². The van der Waals surface area contributed by atoms with E-state index in [0.717, 1.165) is 18.7 Å². The van der Waals surface area contributed by atoms with Crippen LogP contribution in [-0.4, -0.2) is 40.0 Å². The molecule has 2 aliphatic rings. The van der Waals surface area contributed by atoms with Crippen molar-refractivity contribution in [3.63, 3.8) is 0 Å². The third kappa shape index (κ3) is 2.17. The number of aliphatic hydroxyl groups is 1. The summed E-state index contributed by atoms with van der Waals surface area (Å²) < 4.78 is 30.2. The number of rotatable bonds is 1. The largest absolute Gasteiger partial charge is 0.396 e. The van der Waals surface area contributed by atoms with E-state index in [4.69, 9.17) is 0 Å². The van der Waals surface area contributed by atoms with Gasteiger partial charge in [-0.2, -0.15) is 13.9 Å². The number of likely N-dealkylation sites (N-methyl/N-ethyl adjacent to an activating group) is 1. The first kappa shape index (κ1) is 13.0. The molecule has 19 heavy (non-hydrogen) atoms. The van der Waals surface area contributed by atoms with Crippen molar-refractivity contribution in [2.45, 2.75) is 38.3 Å². The van der Waals surface area contributed by atoms with Gasteiger partial charge in [-0.1, -0.05) is 0 Å². The second kappa shape index (κ2) is 4.52. The molecule has 1 N–H and O–H groups in total. The number of nitrogens with zero attached hydrogens (tertiary/aromatic N) is 3. The average Bonchev–Trinajstić information content (AvgIpc) is 2.65. The van der Waals surface area contributed by atoms with E-state index in [-0.39, 0.29) is 24.6 Å². The van der Waals surface area contributed by atoms with Crippen molar-refractivity contribution in [1.29, 1.82) is 0 Å². The molecule has 0 saturated carbocycles. The van der Waals surface area contributed by atoms with Crippen molar-refractivity contribution in [3.05, 3.63) is 17.0 Å². The summed E-state index contributed by atoms with van der Waals surface area (Å²) in [6, 6.07) is 0. The van der Waals surface area contributed by atoms with Crippen molar-refractivity contribution in [2.24, 2.45) is 5.92 Å². The van der Waals surface area contributed by atoms with Gasteiger partial charge in [0.05, 0.1) is 5.69 Å². The van der Waals surface area contributed by atoms with Gasteiger partial charge in [0.25, 0.3) is 5.92 Å². The van der Waals surface area contributed by atoms with Crippen LogP contribution in [0.3, 0.4) is 0 Å². The molecule has 0 saturated heterocycles. The van der Waals surface area contributed by atoms with E-state index in [1.807, 2.05) is 7.05 Å². The zero-order valence-electron chi connectivity index (χ0n) is 11.1. The summed E-state index contributed by atoms with van der Waals surface area (Å²) in [6.07, 6.45) is 0.878. The Labute approximate surface area is 111 Å². The summed E-state index contributed by atoms with van der Waals surface area (Å²) in [5.74, 6) is -2.95. The van der Waals surface area contributed by atoms with Crippen molar-refractivity contribution in [3.8, 4) is 0 Å². The molecule has 0 aromatic carbocycles. The Bertz CT molecular complexity index is 486. The van der Waals surface area contributed by atoms with Crippen molar-refractivity contribution in [1.82, 2.24) is 14.7 Å². The van der Waals surface area contributed by atoms with E-state index >= 15 is 0 Å². The van der Waals surface area contributed by atoms with Crippen LogP contribution in [0.25, 0.3) is 0 Å². The third-order valence-corrected chi connectivity index (χ3v) is 4.19. The number of fused-ring (bicyclic) bond motifs is 3. The molecule has 1 atom stereocenters. The van der Waals surface area contributed by atoms with E-state index < -0.39 is 5.92 Å². The Hall–Kier alpha value is -1.01. The highest BCUT2D eigenvalue weighted by Gasteiger charge is 2.42. The van der Waals surface area contributed by atoms with Gasteiger partial charge >= 0.3 is 0 Å². The van der Waals surface area contributed by atoms with Crippen LogP contribution in [0.4, 0.5) is 8.78 Å². The van der Waals surface area contributed by atoms with Gasteiger partial charge in [-0.25, -0.2) is 0 Å². The Balaban J connectivity index is 2.07. The topological polar surface area (TPSA) is 41.3 Å². The quantitative estimate of drug-likeness (QED) is 0.838. The predicted molar refractivity (Wildman–Crippen MR) is 66.0 cm³/mol. The molecule has 6 heteroatoms. The molecule has 3 rings (SSSR count). The van der Waals surface area contributed by atoms with Crippen LogP contribution in [0.2, 0.25) is 0 Å². The molecule has 0 bridgehead atoms. The Morgan fingerprint density at radius 3 is 3.00 bits per heavy atom. The van der Waals surface area contributed by atoms with Crippen LogP contribution in [0, 0.1) is 5.92 Å². The van der Waals surface area contributed by atoms with Crippen LogP contribution in [0.5, 0.6) is 0 Å². The minimum atomic E-state index is -2.83. The maximum atomic E-state index is 14.4. The molecule has 0 amide bonds. The van der Waals surface area contributed by atoms with Gasteiger partial charge in [0.15, 0.2) is 0 Å². The van der Waals surface area contributed by atoms with Gasteiger partial charge in [0, 0.05) is 50.6 Å². The van der Waals surface area contributed by atoms with Crippen LogP contribution < -0.4 is 0 Å². The zero-order chi connectivity index (χ0) is 13.6. The highest BCUT2D eigenvalue weighted by atomic mass is 19.3. The summed E-state index contributed by atoms with van der Waals surface area (Å²) >= 11 is 0. The fraction of sp³-hybridized carbons (Fsp3) is 0.769. The van der Waals surface area contributed by atoms with Gasteiger partial charge in [-0.15, -0.1) is 0 Å². The van der Waals surface area contributed by atoms with Crippen molar-refractivity contribution in [2.75, 3.05) is 20.2 Å². The summed E-state index contributed by atoms with van der Waals surface area (Å²) in [5, 5.41) is 13.6. The molecule has 0 spiro atoms. The Morgan fingerprint density at radius 2 is 2.26 bits per heavy atom. The lowest BCUT2D eigenvalue weighted by atomic mass is 9.98. The lowest BCUT2D eigenvalue weighted by Gasteiger charge is -2.24. The smallest absolute Gasteiger partial charge is 0.289 e. The first-order valence-corrected chi connectivity index (χ1v) is 6.77. The summed E-state index contributed by atoms with van der Waals surface area (Å²) in [6.45, 7) is 1.75. The standard InChI is InChI=1S/C13H19F2N3O/c1-17-5-3-11-10(7-17)12-13(14,15)4-2-9(8-19)6-18(12)16-11/h9,19H,2-8H2,1H3. The monoisotopic (exact) mass is 271 g/mol. The first-order valence-electron chi connectivity index (χ1n) is 6.77. The highest BCUT2D eigenvalue weighted by molar-refractivity contribution is 5.32. The maximum absolute atomic E-state index is 14.4. The summed E-state index contributed by atoms with van der Waals surface area (Å²) in [4.78, 5) is 2.05. The molecule has 0 aliphatic carbocycles. The highest BCUT2D eigenvalue weighted by Crippen LogP contribution is 2.41. The average molecular weight is 271 g/mol. The molecule has 106 valence electrons. The summed E-state index contributed by atoms with van der Waals surface area (Å²) in [7, 11) is 1.94. The molecule has 2 aliphatic heterocycles. The number of halogens is 2. The van der Waals surface area contributed by atoms with E-state index in [1.54, 1.807) is 0 Å². The molecular formula is C13H19F2N3O. The molecule has 0 fully saturated rings. The van der Waals surface area contributed by atoms with E-state index in [1.165, 1.54) is 4.68 Å². The molecular weight excluding hydrogens is 252 g/mol. The van der Waals surface area contributed by atoms with Gasteiger partial charge in [0.1, 0.15) is 5.69 Å². The van der Waals surface area contributed by atoms with Gasteiger partial charge in [0.2, 0.25) is 0 Å².